The summed E-state index contributed by atoms with van der Waals surface area (Å²) in [4.78, 5) is 26.1. The van der Waals surface area contributed by atoms with Crippen molar-refractivity contribution in [2.45, 2.75) is 25.9 Å². The molecule has 1 aromatic carbocycles. The normalized spacial score (nSPS) is 18.6. The lowest BCUT2D eigenvalue weighted by atomic mass is 10.1. The number of aryl methyl sites for hydroxylation is 1. The highest BCUT2D eigenvalue weighted by Gasteiger charge is 2.35. The number of carbonyl (C=O) groups excluding carboxylic acids is 1. The van der Waals surface area contributed by atoms with Gasteiger partial charge in [0.15, 0.2) is 9.84 Å². The number of nitro groups is 1. The Morgan fingerprint density at radius 3 is 2.69 bits per heavy atom. The first-order valence-electron chi connectivity index (χ1n) is 8.05. The van der Waals surface area contributed by atoms with E-state index in [4.69, 9.17) is 0 Å². The lowest BCUT2D eigenvalue weighted by Gasteiger charge is -2.28. The van der Waals surface area contributed by atoms with Gasteiger partial charge in [-0.25, -0.2) is 8.42 Å². The van der Waals surface area contributed by atoms with E-state index in [1.165, 1.54) is 29.5 Å². The van der Waals surface area contributed by atoms with Gasteiger partial charge in [-0.3, -0.25) is 14.9 Å². The molecule has 0 unspecified atom stereocenters. The van der Waals surface area contributed by atoms with Gasteiger partial charge in [0.25, 0.3) is 11.6 Å². The molecule has 1 saturated heterocycles. The third-order valence-electron chi connectivity index (χ3n) is 4.46. The molecule has 0 aliphatic carbocycles. The third-order valence-corrected chi connectivity index (χ3v) is 7.07. The summed E-state index contributed by atoms with van der Waals surface area (Å²) in [5.41, 5.74) is 0.680. The fourth-order valence-corrected chi connectivity index (χ4v) is 5.55. The number of sulfone groups is 1. The molecule has 9 heteroatoms. The van der Waals surface area contributed by atoms with Crippen LogP contribution in [-0.2, 0) is 16.4 Å². The Kier molecular flexibility index (Phi) is 5.10. The molecule has 0 radical (unpaired) electrons. The maximum atomic E-state index is 13.1. The summed E-state index contributed by atoms with van der Waals surface area (Å²) in [7, 11) is -3.14. The van der Waals surface area contributed by atoms with Crippen molar-refractivity contribution in [3.05, 3.63) is 61.8 Å². The highest BCUT2D eigenvalue weighted by Crippen LogP contribution is 2.25. The minimum absolute atomic E-state index is 0.0456. The number of carbonyl (C=O) groups is 1. The molecular weight excluding hydrogens is 376 g/mol. The van der Waals surface area contributed by atoms with E-state index in [1.807, 2.05) is 17.5 Å². The zero-order valence-electron chi connectivity index (χ0n) is 14.1. The molecule has 2 heterocycles. The van der Waals surface area contributed by atoms with Crippen LogP contribution in [0.2, 0.25) is 0 Å². The third kappa shape index (κ3) is 3.94. The van der Waals surface area contributed by atoms with Crippen LogP contribution in [0.1, 0.15) is 27.2 Å². The maximum absolute atomic E-state index is 13.1. The SMILES string of the molecule is Cc1cc(C(=O)N(Cc2cccs2)[C@@H]2CCS(=O)(=O)C2)ccc1[N+](=O)[O-]. The second kappa shape index (κ2) is 7.16. The summed E-state index contributed by atoms with van der Waals surface area (Å²) in [5.74, 6) is -0.278. The van der Waals surface area contributed by atoms with E-state index in [2.05, 4.69) is 0 Å². The van der Waals surface area contributed by atoms with Gasteiger partial charge in [0.1, 0.15) is 0 Å². The molecule has 3 rings (SSSR count). The number of thiophene rings is 1. The Morgan fingerprint density at radius 2 is 2.15 bits per heavy atom. The highest BCUT2D eigenvalue weighted by molar-refractivity contribution is 7.91. The van der Waals surface area contributed by atoms with Gasteiger partial charge >= 0.3 is 0 Å². The van der Waals surface area contributed by atoms with Crippen LogP contribution in [0, 0.1) is 17.0 Å². The Morgan fingerprint density at radius 1 is 1.38 bits per heavy atom. The van der Waals surface area contributed by atoms with Crippen LogP contribution in [0.5, 0.6) is 0 Å². The van der Waals surface area contributed by atoms with Crippen molar-refractivity contribution in [2.24, 2.45) is 0 Å². The largest absolute Gasteiger partial charge is 0.329 e. The van der Waals surface area contributed by atoms with Crippen molar-refractivity contribution >= 4 is 32.8 Å². The maximum Gasteiger partial charge on any atom is 0.272 e. The van der Waals surface area contributed by atoms with Crippen LogP contribution in [0.15, 0.2) is 35.7 Å². The smallest absolute Gasteiger partial charge is 0.272 e. The molecule has 0 bridgehead atoms. The minimum atomic E-state index is -3.14. The van der Waals surface area contributed by atoms with Crippen molar-refractivity contribution in [1.29, 1.82) is 0 Å². The molecule has 1 fully saturated rings. The summed E-state index contributed by atoms with van der Waals surface area (Å²) >= 11 is 1.50. The predicted molar refractivity (Wildman–Crippen MR) is 99.1 cm³/mol. The summed E-state index contributed by atoms with van der Waals surface area (Å²) < 4.78 is 23.7. The van der Waals surface area contributed by atoms with Gasteiger partial charge in [-0.15, -0.1) is 11.3 Å². The first-order chi connectivity index (χ1) is 12.3. The lowest BCUT2D eigenvalue weighted by molar-refractivity contribution is -0.385. The average molecular weight is 394 g/mol. The van der Waals surface area contributed by atoms with E-state index in [0.717, 1.165) is 4.88 Å². The average Bonchev–Trinajstić information content (AvgIpc) is 3.20. The molecular formula is C17H18N2O5S2. The second-order valence-electron chi connectivity index (χ2n) is 6.33. The van der Waals surface area contributed by atoms with Gasteiger partial charge in [0, 0.05) is 28.1 Å². The molecule has 1 amide bonds. The zero-order valence-corrected chi connectivity index (χ0v) is 15.8. The van der Waals surface area contributed by atoms with Gasteiger partial charge in [0.2, 0.25) is 0 Å². The molecule has 7 nitrogen and oxygen atoms in total. The molecule has 0 N–H and O–H groups in total. The number of nitro benzene ring substituents is 1. The Bertz CT molecular complexity index is 938. The number of amides is 1. The summed E-state index contributed by atoms with van der Waals surface area (Å²) in [6.07, 6.45) is 0.408. The van der Waals surface area contributed by atoms with Crippen molar-refractivity contribution < 1.29 is 18.1 Å². The van der Waals surface area contributed by atoms with E-state index in [9.17, 15) is 23.3 Å². The minimum Gasteiger partial charge on any atom is -0.329 e. The van der Waals surface area contributed by atoms with Crippen LogP contribution >= 0.6 is 11.3 Å². The Balaban J connectivity index is 1.92. The first-order valence-corrected chi connectivity index (χ1v) is 10.8. The lowest BCUT2D eigenvalue weighted by Crippen LogP contribution is -2.40. The number of hydrogen-bond acceptors (Lipinski definition) is 6. The molecule has 0 spiro atoms. The number of nitrogens with zero attached hydrogens (tertiary/aromatic N) is 2. The van der Waals surface area contributed by atoms with Crippen LogP contribution in [0.3, 0.4) is 0 Å². The van der Waals surface area contributed by atoms with Gasteiger partial charge in [0.05, 0.1) is 23.0 Å². The summed E-state index contributed by atoms with van der Waals surface area (Å²) in [5, 5.41) is 12.9. The fraction of sp³-hybridized carbons (Fsp3) is 0.353. The molecule has 26 heavy (non-hydrogen) atoms. The molecule has 1 aliphatic rings. The summed E-state index contributed by atoms with van der Waals surface area (Å²) in [6.45, 7) is 1.91. The quantitative estimate of drug-likeness (QED) is 0.574. The van der Waals surface area contributed by atoms with Crippen molar-refractivity contribution in [1.82, 2.24) is 4.90 Å². The molecule has 1 aromatic heterocycles. The first kappa shape index (κ1) is 18.5. The number of hydrogen-bond donors (Lipinski definition) is 0. The number of benzene rings is 1. The molecule has 2 aromatic rings. The van der Waals surface area contributed by atoms with Crippen molar-refractivity contribution in [3.63, 3.8) is 0 Å². The fourth-order valence-electron chi connectivity index (χ4n) is 3.12. The van der Waals surface area contributed by atoms with E-state index in [1.54, 1.807) is 11.8 Å². The zero-order chi connectivity index (χ0) is 18.9. The van der Waals surface area contributed by atoms with Gasteiger partial charge in [-0.1, -0.05) is 6.07 Å². The van der Waals surface area contributed by atoms with Crippen LogP contribution in [0.4, 0.5) is 5.69 Å². The van der Waals surface area contributed by atoms with Crippen LogP contribution < -0.4 is 0 Å². The van der Waals surface area contributed by atoms with Gasteiger partial charge in [-0.2, -0.15) is 0 Å². The van der Waals surface area contributed by atoms with Crippen LogP contribution in [-0.4, -0.2) is 41.7 Å². The van der Waals surface area contributed by atoms with E-state index < -0.39 is 14.8 Å². The van der Waals surface area contributed by atoms with E-state index in [-0.39, 0.29) is 29.1 Å². The van der Waals surface area contributed by atoms with Crippen molar-refractivity contribution in [2.75, 3.05) is 11.5 Å². The van der Waals surface area contributed by atoms with E-state index in [0.29, 0.717) is 24.1 Å². The number of rotatable bonds is 5. The van der Waals surface area contributed by atoms with Crippen LogP contribution in [0.25, 0.3) is 0 Å². The topological polar surface area (TPSA) is 97.6 Å². The predicted octanol–water partition coefficient (Wildman–Crippen LogP) is 2.79. The second-order valence-corrected chi connectivity index (χ2v) is 9.59. The van der Waals surface area contributed by atoms with Gasteiger partial charge in [-0.05, 0) is 36.9 Å². The molecule has 1 atom stereocenters. The van der Waals surface area contributed by atoms with Crippen molar-refractivity contribution in [3.8, 4) is 0 Å². The Labute approximate surface area is 155 Å². The molecule has 0 saturated carbocycles. The monoisotopic (exact) mass is 394 g/mol. The van der Waals surface area contributed by atoms with E-state index >= 15 is 0 Å². The summed E-state index contributed by atoms with van der Waals surface area (Å²) in [6, 6.07) is 7.63. The van der Waals surface area contributed by atoms with Gasteiger partial charge < -0.3 is 4.90 Å². The standard InChI is InChI=1S/C17H18N2O5S2/c1-12-9-13(4-5-16(12)19(21)22)17(20)18(10-15-3-2-7-25-15)14-6-8-26(23,24)11-14/h2-5,7,9,14H,6,8,10-11H2,1H3/t14-/m1/s1. The Hall–Kier alpha value is -2.26. The molecule has 138 valence electrons. The highest BCUT2D eigenvalue weighted by atomic mass is 32.2. The molecule has 1 aliphatic heterocycles.